The number of hydrogen-bond donors (Lipinski definition) is 0. The number of carbonyl (C=O) groups is 1. The topological polar surface area (TPSA) is 35.5 Å². The van der Waals surface area contributed by atoms with E-state index in [1.807, 2.05) is 0 Å². The largest absolute Gasteiger partial charge is 0.494 e. The van der Waals surface area contributed by atoms with Gasteiger partial charge in [-0.1, -0.05) is 33.4 Å². The summed E-state index contributed by atoms with van der Waals surface area (Å²) in [6.07, 6.45) is 9.46. The van der Waals surface area contributed by atoms with Crippen molar-refractivity contribution in [1.82, 2.24) is 0 Å². The van der Waals surface area contributed by atoms with Crippen LogP contribution in [0.3, 0.4) is 0 Å². The van der Waals surface area contributed by atoms with E-state index in [0.717, 1.165) is 44.4 Å². The number of rotatable bonds is 8. The van der Waals surface area contributed by atoms with Crippen LogP contribution >= 0.6 is 0 Å². The number of esters is 1. The summed E-state index contributed by atoms with van der Waals surface area (Å²) in [6, 6.07) is 0. The quantitative estimate of drug-likeness (QED) is 0.280. The minimum absolute atomic E-state index is 0.0235. The number of carbonyl (C=O) groups excluding carboxylic acids is 1. The maximum atomic E-state index is 12.0. The van der Waals surface area contributed by atoms with Crippen LogP contribution in [0.2, 0.25) is 0 Å². The van der Waals surface area contributed by atoms with Gasteiger partial charge in [-0.3, -0.25) is 4.79 Å². The van der Waals surface area contributed by atoms with E-state index in [0.29, 0.717) is 18.1 Å². The first-order chi connectivity index (χ1) is 10.0. The summed E-state index contributed by atoms with van der Waals surface area (Å²) < 4.78 is 10.7. The summed E-state index contributed by atoms with van der Waals surface area (Å²) in [5.41, 5.74) is 0. The van der Waals surface area contributed by atoms with Crippen LogP contribution in [-0.4, -0.2) is 12.6 Å². The van der Waals surface area contributed by atoms with E-state index < -0.39 is 0 Å². The number of ether oxygens (including phenoxy) is 2. The van der Waals surface area contributed by atoms with Gasteiger partial charge >= 0.3 is 5.97 Å². The second-order valence-electron chi connectivity index (χ2n) is 5.85. The smallest absolute Gasteiger partial charge is 0.314 e. The summed E-state index contributed by atoms with van der Waals surface area (Å²) in [6.45, 7) is 12.5. The monoisotopic (exact) mass is 292 g/mol. The van der Waals surface area contributed by atoms with Crippen molar-refractivity contribution in [3.8, 4) is 0 Å². The van der Waals surface area contributed by atoms with Crippen LogP contribution in [0.4, 0.5) is 0 Å². The Morgan fingerprint density at radius 2 is 1.76 bits per heavy atom. The molecule has 0 aromatic rings. The summed E-state index contributed by atoms with van der Waals surface area (Å²) >= 11 is 0. The van der Waals surface area contributed by atoms with Crippen LogP contribution in [0, 0.1) is 11.8 Å². The van der Waals surface area contributed by atoms with Gasteiger partial charge in [-0.15, -0.1) is 0 Å². The first-order valence-electron chi connectivity index (χ1n) is 7.93. The standard InChI is InChI=1S/C18H28O3/c1-5-6-13-20-15(3)9-10-16(4)21-18(19)17-11-7-14(2)8-12-17/h9-10,14,17H,3-8,11-13H2,1-2H3/b10-9-. The van der Waals surface area contributed by atoms with Gasteiger partial charge in [0.15, 0.2) is 0 Å². The molecule has 0 spiro atoms. The molecular formula is C18H28O3. The predicted molar refractivity (Wildman–Crippen MR) is 85.5 cm³/mol. The predicted octanol–water partition coefficient (Wildman–Crippen LogP) is 4.76. The molecule has 3 nitrogen and oxygen atoms in total. The number of hydrogen-bond acceptors (Lipinski definition) is 3. The molecule has 0 aromatic carbocycles. The summed E-state index contributed by atoms with van der Waals surface area (Å²) in [4.78, 5) is 12.0. The van der Waals surface area contributed by atoms with Crippen molar-refractivity contribution in [2.45, 2.75) is 52.4 Å². The van der Waals surface area contributed by atoms with E-state index in [1.165, 1.54) is 0 Å². The van der Waals surface area contributed by atoms with Gasteiger partial charge in [-0.2, -0.15) is 0 Å². The Bertz CT molecular complexity index is 387. The average Bonchev–Trinajstić information content (AvgIpc) is 2.46. The Kier molecular flexibility index (Phi) is 7.88. The van der Waals surface area contributed by atoms with Crippen LogP contribution in [-0.2, 0) is 14.3 Å². The highest BCUT2D eigenvalue weighted by Crippen LogP contribution is 2.29. The zero-order valence-electron chi connectivity index (χ0n) is 13.4. The van der Waals surface area contributed by atoms with Crippen LogP contribution in [0.25, 0.3) is 0 Å². The Labute approximate surface area is 128 Å². The van der Waals surface area contributed by atoms with Crippen LogP contribution < -0.4 is 0 Å². The molecule has 21 heavy (non-hydrogen) atoms. The van der Waals surface area contributed by atoms with E-state index in [1.54, 1.807) is 12.2 Å². The van der Waals surface area contributed by atoms with Gasteiger partial charge in [0.25, 0.3) is 0 Å². The van der Waals surface area contributed by atoms with E-state index >= 15 is 0 Å². The Hall–Kier alpha value is -1.51. The van der Waals surface area contributed by atoms with Crippen LogP contribution in [0.15, 0.2) is 36.8 Å². The maximum Gasteiger partial charge on any atom is 0.314 e. The van der Waals surface area contributed by atoms with E-state index in [-0.39, 0.29) is 11.9 Å². The van der Waals surface area contributed by atoms with E-state index in [2.05, 4.69) is 27.0 Å². The molecule has 0 radical (unpaired) electrons. The molecule has 0 aromatic heterocycles. The van der Waals surface area contributed by atoms with Gasteiger partial charge in [0.05, 0.1) is 12.5 Å². The van der Waals surface area contributed by atoms with Crippen LogP contribution in [0.1, 0.15) is 52.4 Å². The summed E-state index contributed by atoms with van der Waals surface area (Å²) in [7, 11) is 0. The molecule has 0 atom stereocenters. The van der Waals surface area contributed by atoms with Crippen molar-refractivity contribution < 1.29 is 14.3 Å². The van der Waals surface area contributed by atoms with E-state index in [9.17, 15) is 4.79 Å². The second kappa shape index (κ2) is 9.43. The van der Waals surface area contributed by atoms with Gasteiger partial charge in [0, 0.05) is 0 Å². The lowest BCUT2D eigenvalue weighted by Crippen LogP contribution is -2.22. The number of allylic oxidation sites excluding steroid dienone is 2. The molecule has 3 heteroatoms. The highest BCUT2D eigenvalue weighted by Gasteiger charge is 2.25. The van der Waals surface area contributed by atoms with Gasteiger partial charge in [0.1, 0.15) is 11.5 Å². The van der Waals surface area contributed by atoms with Crippen molar-refractivity contribution in [1.29, 1.82) is 0 Å². The lowest BCUT2D eigenvalue weighted by Gasteiger charge is -2.24. The molecule has 0 aliphatic heterocycles. The minimum atomic E-state index is -0.158. The fraction of sp³-hybridized carbons (Fsp3) is 0.611. The van der Waals surface area contributed by atoms with Crippen molar-refractivity contribution in [2.24, 2.45) is 11.8 Å². The molecule has 1 fully saturated rings. The summed E-state index contributed by atoms with van der Waals surface area (Å²) in [5, 5.41) is 0. The average molecular weight is 292 g/mol. The first kappa shape index (κ1) is 17.5. The SMILES string of the molecule is C=C(/C=C\C(=C)OC(=O)C1CCC(C)CC1)OCCCC. The van der Waals surface area contributed by atoms with Crippen molar-refractivity contribution in [2.75, 3.05) is 6.61 Å². The Balaban J connectivity index is 2.29. The molecule has 1 rings (SSSR count). The molecule has 1 aliphatic carbocycles. The maximum absolute atomic E-state index is 12.0. The molecular weight excluding hydrogens is 264 g/mol. The molecule has 0 N–H and O–H groups in total. The Morgan fingerprint density at radius 3 is 2.38 bits per heavy atom. The second-order valence-corrected chi connectivity index (χ2v) is 5.85. The van der Waals surface area contributed by atoms with Crippen molar-refractivity contribution >= 4 is 5.97 Å². The molecule has 0 amide bonds. The zero-order valence-corrected chi connectivity index (χ0v) is 13.4. The molecule has 0 bridgehead atoms. The Morgan fingerprint density at radius 1 is 1.14 bits per heavy atom. The highest BCUT2D eigenvalue weighted by atomic mass is 16.5. The fourth-order valence-corrected chi connectivity index (χ4v) is 2.32. The summed E-state index contributed by atoms with van der Waals surface area (Å²) in [5.74, 6) is 1.50. The van der Waals surface area contributed by atoms with Gasteiger partial charge in [-0.25, -0.2) is 0 Å². The normalized spacial score (nSPS) is 22.0. The lowest BCUT2D eigenvalue weighted by molar-refractivity contribution is -0.145. The first-order valence-corrected chi connectivity index (χ1v) is 7.93. The lowest BCUT2D eigenvalue weighted by atomic mass is 9.83. The van der Waals surface area contributed by atoms with Gasteiger partial charge in [-0.05, 0) is 50.2 Å². The minimum Gasteiger partial charge on any atom is -0.494 e. The molecule has 1 saturated carbocycles. The third-order valence-corrected chi connectivity index (χ3v) is 3.82. The third-order valence-electron chi connectivity index (χ3n) is 3.82. The van der Waals surface area contributed by atoms with Gasteiger partial charge in [0.2, 0.25) is 0 Å². The van der Waals surface area contributed by atoms with Crippen LogP contribution in [0.5, 0.6) is 0 Å². The third kappa shape index (κ3) is 7.16. The molecule has 0 heterocycles. The van der Waals surface area contributed by atoms with Gasteiger partial charge < -0.3 is 9.47 Å². The highest BCUT2D eigenvalue weighted by molar-refractivity contribution is 5.73. The van der Waals surface area contributed by atoms with E-state index in [4.69, 9.17) is 9.47 Å². The molecule has 0 unspecified atom stereocenters. The fourth-order valence-electron chi connectivity index (χ4n) is 2.32. The van der Waals surface area contributed by atoms with Crippen molar-refractivity contribution in [3.05, 3.63) is 36.8 Å². The molecule has 1 aliphatic rings. The van der Waals surface area contributed by atoms with Crippen molar-refractivity contribution in [3.63, 3.8) is 0 Å². The molecule has 0 saturated heterocycles. The molecule has 118 valence electrons. The zero-order chi connectivity index (χ0) is 15.7. The number of unbranched alkanes of at least 4 members (excludes halogenated alkanes) is 1.